The van der Waals surface area contributed by atoms with Crippen molar-refractivity contribution in [2.75, 3.05) is 31.1 Å². The second kappa shape index (κ2) is 14.4. The molecule has 5 unspecified atom stereocenters. The van der Waals surface area contributed by atoms with E-state index in [2.05, 4.69) is 69.4 Å². The third kappa shape index (κ3) is 6.18. The average Bonchev–Trinajstić information content (AvgIpc) is 3.74. The highest BCUT2D eigenvalue weighted by molar-refractivity contribution is 6.90. The molecule has 13 heteroatoms. The van der Waals surface area contributed by atoms with Crippen LogP contribution in [0.4, 0.5) is 19.4 Å². The molecule has 0 saturated carbocycles. The second-order valence-electron chi connectivity index (χ2n) is 18.6. The topological polar surface area (TPSA) is 104 Å². The highest BCUT2D eigenvalue weighted by Crippen LogP contribution is 2.48. The highest BCUT2D eigenvalue weighted by atomic mass is 28.3. The molecule has 0 aliphatic carbocycles. The van der Waals surface area contributed by atoms with Gasteiger partial charge < -0.3 is 19.5 Å². The number of fused-ring (bicyclic) bond motifs is 7. The number of aromatic nitrogens is 3. The van der Waals surface area contributed by atoms with E-state index < -0.39 is 43.8 Å². The Labute approximate surface area is 346 Å². The van der Waals surface area contributed by atoms with Crippen molar-refractivity contribution in [2.24, 2.45) is 0 Å². The Hall–Kier alpha value is -4.80. The second-order valence-corrected chi connectivity index (χ2v) is 24.1. The number of hydrogen-bond acceptors (Lipinski definition) is 8. The van der Waals surface area contributed by atoms with Crippen molar-refractivity contribution >= 4 is 41.7 Å². The lowest BCUT2D eigenvalue weighted by atomic mass is 9.93. The predicted octanol–water partition coefficient (Wildman–Crippen LogP) is 9.16. The largest absolute Gasteiger partial charge is 0.472 e. The summed E-state index contributed by atoms with van der Waals surface area (Å²) in [5.41, 5.74) is 7.02. The average molecular weight is 821 g/mol. The fraction of sp³-hybridized carbons (Fsp3) is 0.522. The zero-order valence-electron chi connectivity index (χ0n) is 35.1. The summed E-state index contributed by atoms with van der Waals surface area (Å²) in [5, 5.41) is 12.3. The molecule has 5 aliphatic heterocycles. The number of carbonyl (C=O) groups is 1. The van der Waals surface area contributed by atoms with Crippen LogP contribution in [0.2, 0.25) is 16.6 Å². The Morgan fingerprint density at radius 2 is 1.78 bits per heavy atom. The lowest BCUT2D eigenvalue weighted by molar-refractivity contribution is 0.0706. The van der Waals surface area contributed by atoms with Crippen molar-refractivity contribution in [1.82, 2.24) is 24.8 Å². The number of hydrogen-bond donors (Lipinski definition) is 1. The molecule has 0 radical (unpaired) electrons. The third-order valence-electron chi connectivity index (χ3n) is 14.3. The van der Waals surface area contributed by atoms with Gasteiger partial charge in [-0.15, -0.1) is 5.54 Å². The summed E-state index contributed by atoms with van der Waals surface area (Å²) in [6, 6.07) is 10.7. The van der Waals surface area contributed by atoms with E-state index in [-0.39, 0.29) is 41.8 Å². The van der Waals surface area contributed by atoms with Crippen molar-refractivity contribution in [3.63, 3.8) is 0 Å². The fourth-order valence-electron chi connectivity index (χ4n) is 11.9. The Morgan fingerprint density at radius 1 is 1.05 bits per heavy atom. The molecule has 4 aromatic rings. The summed E-state index contributed by atoms with van der Waals surface area (Å²) in [4.78, 5) is 33.0. The standard InChI is InChI=1S/C46H54F2N6O4Si/c1-25(2)59(26(3)4,27(5)6)18-17-31-12-9-11-30-13-10-14-34(36(30)31)39-38(48)40-37-42(51-44(50-40)57-24-46-19-28(7)21-52(46)22-32(47)20-46)53-23-33-15-16-35(54(33)45(55)56)41(53)29(8)58-43(37)49-39/h9-14,25-27,29,32-33,35,41H,7,15-16,19-24H2,1-6,8H3,(H,55,56)/t29?,32-,33?,35?,41?,46?/m1/s1. The van der Waals surface area contributed by atoms with Gasteiger partial charge in [0.1, 0.15) is 49.4 Å². The van der Waals surface area contributed by atoms with Crippen LogP contribution in [-0.4, -0.2) is 106 Å². The molecule has 9 rings (SSSR count). The minimum absolute atomic E-state index is 0.00254. The maximum Gasteiger partial charge on any atom is 0.407 e. The predicted molar refractivity (Wildman–Crippen MR) is 229 cm³/mol. The van der Waals surface area contributed by atoms with Crippen molar-refractivity contribution in [3.05, 3.63) is 59.9 Å². The van der Waals surface area contributed by atoms with Crippen LogP contribution < -0.4 is 14.4 Å². The summed E-state index contributed by atoms with van der Waals surface area (Å²) < 4.78 is 45.8. The molecule has 2 aromatic heterocycles. The van der Waals surface area contributed by atoms with E-state index in [9.17, 15) is 14.3 Å². The van der Waals surface area contributed by atoms with E-state index in [1.165, 1.54) is 0 Å². The van der Waals surface area contributed by atoms with E-state index in [1.54, 1.807) is 4.90 Å². The minimum Gasteiger partial charge on any atom is -0.472 e. The van der Waals surface area contributed by atoms with E-state index in [1.807, 2.05) is 43.3 Å². The first-order valence-electron chi connectivity index (χ1n) is 21.2. The number of carboxylic acid groups (broad SMARTS) is 1. The number of anilines is 1. The van der Waals surface area contributed by atoms with Crippen LogP contribution in [0.3, 0.4) is 0 Å². The van der Waals surface area contributed by atoms with E-state index in [0.717, 1.165) is 21.9 Å². The van der Waals surface area contributed by atoms with E-state index in [4.69, 9.17) is 24.4 Å². The SMILES string of the molecule is C=C1CN2C[C@H](F)CC2(COc2nc3c4c(nc(-c5cccc6cccc(C#C[Si](C(C)C)(C(C)C)C(C)C)c56)c(F)c4n2)OC(C)C2C4CCC(CN32)N4C(=O)O)C1. The monoisotopic (exact) mass is 820 g/mol. The number of benzene rings is 2. The number of halogens is 2. The summed E-state index contributed by atoms with van der Waals surface area (Å²) in [5.74, 6) is 3.56. The quantitative estimate of drug-likeness (QED) is 0.111. The van der Waals surface area contributed by atoms with Gasteiger partial charge in [0, 0.05) is 42.6 Å². The first-order valence-corrected chi connectivity index (χ1v) is 23.5. The number of alkyl halides is 1. The third-order valence-corrected chi connectivity index (χ3v) is 20.6. The number of piperazine rings is 1. The van der Waals surface area contributed by atoms with Crippen molar-refractivity contribution in [3.8, 4) is 34.6 Å². The van der Waals surface area contributed by atoms with Crippen LogP contribution in [0.25, 0.3) is 32.9 Å². The maximum absolute atomic E-state index is 17.8. The van der Waals surface area contributed by atoms with Crippen LogP contribution in [0, 0.1) is 17.3 Å². The first kappa shape index (κ1) is 39.6. The highest BCUT2D eigenvalue weighted by Gasteiger charge is 2.54. The van der Waals surface area contributed by atoms with Crippen LogP contribution in [0.1, 0.15) is 79.7 Å². The van der Waals surface area contributed by atoms with Gasteiger partial charge in [0.25, 0.3) is 0 Å². The molecule has 4 fully saturated rings. The van der Waals surface area contributed by atoms with Gasteiger partial charge in [0.2, 0.25) is 5.88 Å². The molecule has 310 valence electrons. The molecule has 10 nitrogen and oxygen atoms in total. The molecule has 2 aromatic carbocycles. The van der Waals surface area contributed by atoms with Gasteiger partial charge in [-0.1, -0.05) is 89.9 Å². The fourth-order valence-corrected chi connectivity index (χ4v) is 17.1. The molecule has 2 bridgehead atoms. The van der Waals surface area contributed by atoms with Crippen LogP contribution in [0.5, 0.6) is 11.9 Å². The number of rotatable bonds is 7. The number of nitrogens with zero attached hydrogens (tertiary/aromatic N) is 6. The van der Waals surface area contributed by atoms with Gasteiger partial charge in [0.15, 0.2) is 5.82 Å². The van der Waals surface area contributed by atoms with E-state index >= 15 is 4.39 Å². The van der Waals surface area contributed by atoms with Crippen LogP contribution >= 0.6 is 0 Å². The Kier molecular flexibility index (Phi) is 9.70. The van der Waals surface area contributed by atoms with Gasteiger partial charge in [0.05, 0.1) is 23.7 Å². The van der Waals surface area contributed by atoms with Crippen LogP contribution in [0.15, 0.2) is 48.6 Å². The minimum atomic E-state index is -2.12. The molecule has 1 amide bonds. The van der Waals surface area contributed by atoms with Gasteiger partial charge in [-0.25, -0.2) is 18.6 Å². The van der Waals surface area contributed by atoms with Crippen LogP contribution in [-0.2, 0) is 0 Å². The lowest BCUT2D eigenvalue weighted by Gasteiger charge is -2.47. The molecular formula is C46H54F2N6O4Si. The maximum atomic E-state index is 17.8. The summed E-state index contributed by atoms with van der Waals surface area (Å²) in [6.07, 6.45) is -0.249. The number of pyridine rings is 1. The number of amides is 1. The lowest BCUT2D eigenvalue weighted by Crippen LogP contribution is -2.64. The molecule has 1 N–H and O–H groups in total. The molecule has 4 saturated heterocycles. The summed E-state index contributed by atoms with van der Waals surface area (Å²) >= 11 is 0. The molecule has 5 aliphatic rings. The van der Waals surface area contributed by atoms with Crippen molar-refractivity contribution in [2.45, 2.75) is 127 Å². The Balaban J connectivity index is 1.23. The Morgan fingerprint density at radius 3 is 2.49 bits per heavy atom. The first-order chi connectivity index (χ1) is 28.1. The molecular weight excluding hydrogens is 767 g/mol. The van der Waals surface area contributed by atoms with Gasteiger partial charge in [-0.2, -0.15) is 9.97 Å². The summed E-state index contributed by atoms with van der Waals surface area (Å²) in [7, 11) is -2.12. The number of ether oxygens (including phenoxy) is 2. The van der Waals surface area contributed by atoms with Gasteiger partial charge >= 0.3 is 12.1 Å². The van der Waals surface area contributed by atoms with Crippen molar-refractivity contribution in [1.29, 1.82) is 0 Å². The normalized spacial score (nSPS) is 26.4. The van der Waals surface area contributed by atoms with Gasteiger partial charge in [-0.05, 0) is 54.3 Å². The van der Waals surface area contributed by atoms with Gasteiger partial charge in [-0.3, -0.25) is 9.80 Å². The zero-order chi connectivity index (χ0) is 41.7. The molecule has 6 atom stereocenters. The molecule has 0 spiro atoms. The summed E-state index contributed by atoms with van der Waals surface area (Å²) in [6.45, 7) is 21.2. The molecule has 59 heavy (non-hydrogen) atoms. The van der Waals surface area contributed by atoms with Crippen molar-refractivity contribution < 1.29 is 28.2 Å². The molecule has 7 heterocycles. The Bertz CT molecular complexity index is 2420. The zero-order valence-corrected chi connectivity index (χ0v) is 36.1. The van der Waals surface area contributed by atoms with E-state index in [0.29, 0.717) is 78.7 Å². The smallest absolute Gasteiger partial charge is 0.407 e.